The molecular weight excluding hydrogens is 430 g/mol. The molecule has 0 atom stereocenters. The van der Waals surface area contributed by atoms with Gasteiger partial charge >= 0.3 is 0 Å². The second-order valence-corrected chi connectivity index (χ2v) is 8.07. The first kappa shape index (κ1) is 22.0. The quantitative estimate of drug-likeness (QED) is 0.294. The van der Waals surface area contributed by atoms with Gasteiger partial charge in [-0.25, -0.2) is 4.98 Å². The van der Waals surface area contributed by atoms with Gasteiger partial charge in [0, 0.05) is 16.7 Å². The van der Waals surface area contributed by atoms with Crippen LogP contribution in [0.5, 0.6) is 0 Å². The molecule has 0 bridgehead atoms. The summed E-state index contributed by atoms with van der Waals surface area (Å²) >= 11 is 1.19. The monoisotopic (exact) mass is 449 g/mol. The summed E-state index contributed by atoms with van der Waals surface area (Å²) < 4.78 is 0. The maximum absolute atomic E-state index is 12.9. The van der Waals surface area contributed by atoms with Crippen molar-refractivity contribution in [1.29, 1.82) is 5.26 Å². The number of aromatic nitrogens is 1. The standard InChI is InChI=1S/C27H19N3O2S/c28-17-21-15-16-23(19-9-3-1-4-10-19)30-27(21)33-18-25(31)29-24-14-8-7-13-22(24)26(32)20-11-5-2-6-12-20/h1-16H,18H2,(H,29,31). The Hall–Kier alpha value is -4.21. The summed E-state index contributed by atoms with van der Waals surface area (Å²) in [4.78, 5) is 30.2. The number of nitrogens with one attached hydrogen (secondary N) is 1. The van der Waals surface area contributed by atoms with Crippen LogP contribution in [0.2, 0.25) is 0 Å². The second-order valence-electron chi connectivity index (χ2n) is 7.10. The lowest BCUT2D eigenvalue weighted by Gasteiger charge is -2.11. The molecule has 1 amide bonds. The number of anilines is 1. The number of nitriles is 1. The van der Waals surface area contributed by atoms with E-state index in [0.29, 0.717) is 27.4 Å². The van der Waals surface area contributed by atoms with Gasteiger partial charge in [0.05, 0.1) is 22.7 Å². The summed E-state index contributed by atoms with van der Waals surface area (Å²) in [6.45, 7) is 0. The maximum Gasteiger partial charge on any atom is 0.234 e. The van der Waals surface area contributed by atoms with E-state index in [9.17, 15) is 14.9 Å². The summed E-state index contributed by atoms with van der Waals surface area (Å²) in [5.41, 5.74) is 3.49. The fourth-order valence-electron chi connectivity index (χ4n) is 3.26. The number of benzene rings is 3. The Morgan fingerprint density at radius 2 is 1.52 bits per heavy atom. The van der Waals surface area contributed by atoms with Gasteiger partial charge in [-0.1, -0.05) is 84.6 Å². The van der Waals surface area contributed by atoms with E-state index in [1.165, 1.54) is 11.8 Å². The third-order valence-electron chi connectivity index (χ3n) is 4.87. The second kappa shape index (κ2) is 10.4. The Morgan fingerprint density at radius 3 is 2.24 bits per heavy atom. The molecule has 0 saturated heterocycles. The molecule has 0 aliphatic heterocycles. The fourth-order valence-corrected chi connectivity index (χ4v) is 4.03. The van der Waals surface area contributed by atoms with Crippen LogP contribution in [0.4, 0.5) is 5.69 Å². The van der Waals surface area contributed by atoms with Gasteiger partial charge in [-0.05, 0) is 24.3 Å². The number of rotatable bonds is 7. The van der Waals surface area contributed by atoms with E-state index >= 15 is 0 Å². The predicted molar refractivity (Wildman–Crippen MR) is 130 cm³/mol. The van der Waals surface area contributed by atoms with Crippen LogP contribution in [0.1, 0.15) is 21.5 Å². The lowest BCUT2D eigenvalue weighted by atomic mass is 10.0. The van der Waals surface area contributed by atoms with E-state index in [4.69, 9.17) is 0 Å². The molecule has 6 heteroatoms. The van der Waals surface area contributed by atoms with Crippen molar-refractivity contribution in [3.63, 3.8) is 0 Å². The molecular formula is C27H19N3O2S. The summed E-state index contributed by atoms with van der Waals surface area (Å²) in [5, 5.41) is 12.8. The van der Waals surface area contributed by atoms with Crippen LogP contribution in [0.3, 0.4) is 0 Å². The van der Waals surface area contributed by atoms with E-state index in [1.54, 1.807) is 60.7 Å². The topological polar surface area (TPSA) is 82.8 Å². The van der Waals surface area contributed by atoms with Gasteiger partial charge in [-0.2, -0.15) is 5.26 Å². The van der Waals surface area contributed by atoms with Crippen LogP contribution in [0.25, 0.3) is 11.3 Å². The lowest BCUT2D eigenvalue weighted by Crippen LogP contribution is -2.17. The minimum absolute atomic E-state index is 0.0494. The highest BCUT2D eigenvalue weighted by Crippen LogP contribution is 2.26. The predicted octanol–water partition coefficient (Wildman–Crippen LogP) is 5.58. The zero-order valence-corrected chi connectivity index (χ0v) is 18.4. The van der Waals surface area contributed by atoms with E-state index in [-0.39, 0.29) is 17.4 Å². The molecule has 160 valence electrons. The number of thioether (sulfide) groups is 1. The molecule has 3 aromatic carbocycles. The average molecular weight is 450 g/mol. The summed E-state index contributed by atoms with van der Waals surface area (Å²) in [7, 11) is 0. The number of ketones is 1. The number of amides is 1. The average Bonchev–Trinajstić information content (AvgIpc) is 2.88. The van der Waals surface area contributed by atoms with Gasteiger partial charge in [-0.3, -0.25) is 9.59 Å². The van der Waals surface area contributed by atoms with Crippen LogP contribution in [0, 0.1) is 11.3 Å². The van der Waals surface area contributed by atoms with Crippen molar-refractivity contribution in [3.05, 3.63) is 114 Å². The molecule has 0 aliphatic rings. The molecule has 0 fully saturated rings. The number of hydrogen-bond acceptors (Lipinski definition) is 5. The Kier molecular flexibility index (Phi) is 6.93. The summed E-state index contributed by atoms with van der Waals surface area (Å²) in [6, 6.07) is 31.1. The molecule has 1 N–H and O–H groups in total. The number of carbonyl (C=O) groups excluding carboxylic acids is 2. The minimum Gasteiger partial charge on any atom is -0.325 e. The largest absolute Gasteiger partial charge is 0.325 e. The van der Waals surface area contributed by atoms with Crippen LogP contribution in [0.15, 0.2) is 102 Å². The summed E-state index contributed by atoms with van der Waals surface area (Å²) in [6.07, 6.45) is 0. The third kappa shape index (κ3) is 5.35. The van der Waals surface area contributed by atoms with Crippen LogP contribution < -0.4 is 5.32 Å². The molecule has 0 aliphatic carbocycles. The van der Waals surface area contributed by atoms with Gasteiger partial charge in [0.25, 0.3) is 0 Å². The van der Waals surface area contributed by atoms with Crippen molar-refractivity contribution in [1.82, 2.24) is 4.98 Å². The SMILES string of the molecule is N#Cc1ccc(-c2ccccc2)nc1SCC(=O)Nc1ccccc1C(=O)c1ccccc1. The van der Waals surface area contributed by atoms with Gasteiger partial charge < -0.3 is 5.32 Å². The van der Waals surface area contributed by atoms with Crippen molar-refractivity contribution in [2.24, 2.45) is 0 Å². The molecule has 0 radical (unpaired) electrons. The first-order valence-corrected chi connectivity index (χ1v) is 11.2. The number of pyridine rings is 1. The van der Waals surface area contributed by atoms with Crippen LogP contribution >= 0.6 is 11.8 Å². The number of hydrogen-bond donors (Lipinski definition) is 1. The number of carbonyl (C=O) groups is 2. The van der Waals surface area contributed by atoms with Gasteiger partial charge in [-0.15, -0.1) is 0 Å². The Balaban J connectivity index is 1.49. The van der Waals surface area contributed by atoms with Crippen molar-refractivity contribution < 1.29 is 9.59 Å². The Labute approximate surface area is 196 Å². The molecule has 33 heavy (non-hydrogen) atoms. The molecule has 0 spiro atoms. The van der Waals surface area contributed by atoms with E-state index < -0.39 is 0 Å². The van der Waals surface area contributed by atoms with Crippen molar-refractivity contribution in [3.8, 4) is 17.3 Å². The minimum atomic E-state index is -0.288. The van der Waals surface area contributed by atoms with Crippen LogP contribution in [-0.2, 0) is 4.79 Å². The highest BCUT2D eigenvalue weighted by Gasteiger charge is 2.16. The zero-order chi connectivity index (χ0) is 23.0. The molecule has 1 heterocycles. The normalized spacial score (nSPS) is 10.3. The first-order valence-electron chi connectivity index (χ1n) is 10.2. The van der Waals surface area contributed by atoms with Crippen LogP contribution in [-0.4, -0.2) is 22.4 Å². The van der Waals surface area contributed by atoms with Crippen molar-refractivity contribution in [2.45, 2.75) is 5.03 Å². The van der Waals surface area contributed by atoms with Gasteiger partial charge in [0.1, 0.15) is 11.1 Å². The highest BCUT2D eigenvalue weighted by molar-refractivity contribution is 8.00. The fraction of sp³-hybridized carbons (Fsp3) is 0.0370. The summed E-state index contributed by atoms with van der Waals surface area (Å²) in [5.74, 6) is -0.402. The van der Waals surface area contributed by atoms with E-state index in [0.717, 1.165) is 11.3 Å². The zero-order valence-electron chi connectivity index (χ0n) is 17.6. The molecule has 4 rings (SSSR count). The Morgan fingerprint density at radius 1 is 0.848 bits per heavy atom. The third-order valence-corrected chi connectivity index (χ3v) is 5.86. The maximum atomic E-state index is 12.9. The van der Waals surface area contributed by atoms with Gasteiger partial charge in [0.15, 0.2) is 5.78 Å². The molecule has 5 nitrogen and oxygen atoms in total. The lowest BCUT2D eigenvalue weighted by molar-refractivity contribution is -0.113. The van der Waals surface area contributed by atoms with Crippen molar-refractivity contribution in [2.75, 3.05) is 11.1 Å². The highest BCUT2D eigenvalue weighted by atomic mass is 32.2. The number of nitrogens with zero attached hydrogens (tertiary/aromatic N) is 2. The molecule has 1 aromatic heterocycles. The molecule has 0 saturated carbocycles. The molecule has 0 unspecified atom stereocenters. The smallest absolute Gasteiger partial charge is 0.234 e. The Bertz CT molecular complexity index is 1330. The van der Waals surface area contributed by atoms with Gasteiger partial charge in [0.2, 0.25) is 5.91 Å². The van der Waals surface area contributed by atoms with Crippen molar-refractivity contribution >= 4 is 29.1 Å². The first-order chi connectivity index (χ1) is 16.2. The number of para-hydroxylation sites is 1. The van der Waals surface area contributed by atoms with E-state index in [1.807, 2.05) is 36.4 Å². The van der Waals surface area contributed by atoms with E-state index in [2.05, 4.69) is 16.4 Å². The molecule has 4 aromatic rings.